The van der Waals surface area contributed by atoms with Crippen molar-refractivity contribution in [1.82, 2.24) is 10.1 Å². The van der Waals surface area contributed by atoms with E-state index < -0.39 is 12.1 Å². The summed E-state index contributed by atoms with van der Waals surface area (Å²) in [6, 6.07) is 3.60. The molecule has 1 saturated heterocycles. The van der Waals surface area contributed by atoms with Crippen LogP contribution in [-0.4, -0.2) is 55.6 Å². The van der Waals surface area contributed by atoms with E-state index in [2.05, 4.69) is 10.1 Å². The number of nitrogens with zero attached hydrogens (tertiary/aromatic N) is 3. The Balaban J connectivity index is 1.99. The smallest absolute Gasteiger partial charge is 0.252 e. The fraction of sp³-hybridized carbons (Fsp3) is 0.440. The van der Waals surface area contributed by atoms with Gasteiger partial charge in [-0.25, -0.2) is 0 Å². The fourth-order valence-electron chi connectivity index (χ4n) is 4.59. The first-order chi connectivity index (χ1) is 16.8. The molecule has 2 amide bonds. The number of nitrogens with two attached hydrogens (primary N) is 1. The Morgan fingerprint density at radius 2 is 1.91 bits per heavy atom. The molecule has 0 radical (unpaired) electrons. The number of rotatable bonds is 7. The summed E-state index contributed by atoms with van der Waals surface area (Å²) >= 11 is 0. The van der Waals surface area contributed by atoms with Crippen molar-refractivity contribution in [3.63, 3.8) is 0 Å². The van der Waals surface area contributed by atoms with Gasteiger partial charge in [-0.15, -0.1) is 0 Å². The van der Waals surface area contributed by atoms with Gasteiger partial charge in [-0.3, -0.25) is 19.5 Å². The van der Waals surface area contributed by atoms with Gasteiger partial charge in [0.2, 0.25) is 5.91 Å². The minimum Gasteiger partial charge on any atom is -0.496 e. The van der Waals surface area contributed by atoms with E-state index in [0.29, 0.717) is 59.8 Å². The molecule has 35 heavy (non-hydrogen) atoms. The summed E-state index contributed by atoms with van der Waals surface area (Å²) in [5.41, 5.74) is 9.01. The van der Waals surface area contributed by atoms with Gasteiger partial charge in [-0.1, -0.05) is 5.16 Å². The number of ether oxygens (including phenoxy) is 3. The maximum Gasteiger partial charge on any atom is 0.252 e. The van der Waals surface area contributed by atoms with E-state index in [9.17, 15) is 9.59 Å². The second-order valence-corrected chi connectivity index (χ2v) is 8.58. The lowest BCUT2D eigenvalue weighted by Gasteiger charge is -2.34. The highest BCUT2D eigenvalue weighted by Gasteiger charge is 2.34. The van der Waals surface area contributed by atoms with Crippen LogP contribution in [0.2, 0.25) is 0 Å². The van der Waals surface area contributed by atoms with Crippen LogP contribution in [0.3, 0.4) is 0 Å². The van der Waals surface area contributed by atoms with Gasteiger partial charge in [0.05, 0.1) is 35.1 Å². The number of aromatic nitrogens is 2. The third kappa shape index (κ3) is 4.46. The van der Waals surface area contributed by atoms with E-state index in [4.69, 9.17) is 24.5 Å². The Bertz CT molecular complexity index is 1250. The third-order valence-electron chi connectivity index (χ3n) is 6.48. The molecule has 1 aliphatic heterocycles. The van der Waals surface area contributed by atoms with Crippen molar-refractivity contribution in [1.29, 1.82) is 0 Å². The number of amides is 2. The number of carbonyl (C=O) groups is 2. The molecule has 0 spiro atoms. The van der Waals surface area contributed by atoms with Crippen LogP contribution in [0.4, 0.5) is 5.69 Å². The zero-order valence-corrected chi connectivity index (χ0v) is 20.6. The average Bonchev–Trinajstić information content (AvgIpc) is 3.20. The molecule has 186 valence electrons. The van der Waals surface area contributed by atoms with Crippen molar-refractivity contribution in [2.45, 2.75) is 39.8 Å². The summed E-state index contributed by atoms with van der Waals surface area (Å²) in [5, 5.41) is 4.59. The molecule has 2 N–H and O–H groups in total. The monoisotopic (exact) mass is 482 g/mol. The predicted octanol–water partition coefficient (Wildman–Crippen LogP) is 3.37. The molecule has 2 aromatic heterocycles. The molecule has 1 fully saturated rings. The SMILES string of the molecule is COc1cc2c(N(C(=O)C3CCOCC3)[C@H](C)OC)c(C(N)=O)cnc2cc1-c1c(C)noc1C. The van der Waals surface area contributed by atoms with Gasteiger partial charge in [0, 0.05) is 43.4 Å². The van der Waals surface area contributed by atoms with Gasteiger partial charge in [0.25, 0.3) is 5.91 Å². The summed E-state index contributed by atoms with van der Waals surface area (Å²) in [6.45, 7) is 6.42. The fourth-order valence-corrected chi connectivity index (χ4v) is 4.59. The quantitative estimate of drug-likeness (QED) is 0.507. The molecule has 3 heterocycles. The Hall–Kier alpha value is -3.50. The summed E-state index contributed by atoms with van der Waals surface area (Å²) in [7, 11) is 3.06. The second kappa shape index (κ2) is 10.0. The zero-order valence-electron chi connectivity index (χ0n) is 20.6. The number of pyridine rings is 1. The summed E-state index contributed by atoms with van der Waals surface area (Å²) in [4.78, 5) is 32.3. The van der Waals surface area contributed by atoms with Crippen molar-refractivity contribution in [3.05, 3.63) is 35.3 Å². The summed E-state index contributed by atoms with van der Waals surface area (Å²) < 4.78 is 22.1. The van der Waals surface area contributed by atoms with Crippen molar-refractivity contribution in [2.24, 2.45) is 11.7 Å². The lowest BCUT2D eigenvalue weighted by Crippen LogP contribution is -2.45. The molecule has 0 aliphatic carbocycles. The number of carbonyl (C=O) groups excluding carboxylic acids is 2. The predicted molar refractivity (Wildman–Crippen MR) is 129 cm³/mol. The molecule has 0 unspecified atom stereocenters. The van der Waals surface area contributed by atoms with Crippen LogP contribution in [0, 0.1) is 19.8 Å². The summed E-state index contributed by atoms with van der Waals surface area (Å²) in [6.07, 6.45) is 1.90. The molecule has 1 atom stereocenters. The maximum absolute atomic E-state index is 13.8. The maximum atomic E-state index is 13.8. The number of hydrogen-bond donors (Lipinski definition) is 1. The lowest BCUT2D eigenvalue weighted by atomic mass is 9.96. The van der Waals surface area contributed by atoms with Gasteiger partial charge in [-0.05, 0) is 45.7 Å². The van der Waals surface area contributed by atoms with E-state index in [1.54, 1.807) is 20.1 Å². The Morgan fingerprint density at radius 3 is 2.49 bits per heavy atom. The second-order valence-electron chi connectivity index (χ2n) is 8.58. The van der Waals surface area contributed by atoms with Gasteiger partial charge < -0.3 is 24.5 Å². The first-order valence-electron chi connectivity index (χ1n) is 11.5. The largest absolute Gasteiger partial charge is 0.496 e. The highest BCUT2D eigenvalue weighted by molar-refractivity contribution is 6.13. The number of benzene rings is 1. The lowest BCUT2D eigenvalue weighted by molar-refractivity contribution is -0.127. The van der Waals surface area contributed by atoms with E-state index >= 15 is 0 Å². The highest BCUT2D eigenvalue weighted by atomic mass is 16.5. The topological polar surface area (TPSA) is 130 Å². The first-order valence-corrected chi connectivity index (χ1v) is 11.5. The van der Waals surface area contributed by atoms with Crippen LogP contribution in [-0.2, 0) is 14.3 Å². The van der Waals surface area contributed by atoms with Gasteiger partial charge in [-0.2, -0.15) is 0 Å². The zero-order chi connectivity index (χ0) is 25.3. The van der Waals surface area contributed by atoms with E-state index in [1.165, 1.54) is 18.2 Å². The van der Waals surface area contributed by atoms with Crippen LogP contribution in [0.15, 0.2) is 22.9 Å². The third-order valence-corrected chi connectivity index (χ3v) is 6.48. The first kappa shape index (κ1) is 24.6. The molecule has 1 aliphatic rings. The van der Waals surface area contributed by atoms with Gasteiger partial charge >= 0.3 is 0 Å². The Kier molecular flexibility index (Phi) is 7.04. The molecule has 3 aromatic rings. The average molecular weight is 483 g/mol. The van der Waals surface area contributed by atoms with E-state index in [-0.39, 0.29) is 17.4 Å². The Labute approximate surface area is 203 Å². The van der Waals surface area contributed by atoms with Crippen LogP contribution >= 0.6 is 0 Å². The molecular weight excluding hydrogens is 452 g/mol. The summed E-state index contributed by atoms with van der Waals surface area (Å²) in [5.74, 6) is 0.0231. The number of primary amides is 1. The Morgan fingerprint density at radius 1 is 1.20 bits per heavy atom. The molecule has 0 saturated carbocycles. The van der Waals surface area contributed by atoms with Crippen LogP contribution in [0.25, 0.3) is 22.0 Å². The van der Waals surface area contributed by atoms with Crippen molar-refractivity contribution in [3.8, 4) is 16.9 Å². The van der Waals surface area contributed by atoms with Crippen LogP contribution < -0.4 is 15.4 Å². The van der Waals surface area contributed by atoms with Crippen molar-refractivity contribution in [2.75, 3.05) is 32.3 Å². The standard InChI is InChI=1S/C25H30N4O6/c1-13-22(14(2)35-28-13)18-10-20-17(11-21(18)33-5)23(19(12-27-20)24(26)30)29(15(3)32-4)25(31)16-6-8-34-9-7-16/h10-12,15-16H,6-9H2,1-5H3,(H2,26,30)/t15-/m0/s1. The number of anilines is 1. The molecule has 10 heteroatoms. The van der Waals surface area contributed by atoms with Crippen LogP contribution in [0.1, 0.15) is 41.6 Å². The molecular formula is C25H30N4O6. The minimum atomic E-state index is -0.698. The molecule has 4 rings (SSSR count). The molecule has 1 aromatic carbocycles. The minimum absolute atomic E-state index is 0.119. The van der Waals surface area contributed by atoms with Gasteiger partial charge in [0.1, 0.15) is 17.7 Å². The molecule has 10 nitrogen and oxygen atoms in total. The van der Waals surface area contributed by atoms with E-state index in [1.807, 2.05) is 19.9 Å². The van der Waals surface area contributed by atoms with E-state index in [0.717, 1.165) is 11.1 Å². The number of fused-ring (bicyclic) bond motifs is 1. The van der Waals surface area contributed by atoms with Crippen molar-refractivity contribution >= 4 is 28.4 Å². The molecule has 0 bridgehead atoms. The van der Waals surface area contributed by atoms with Crippen molar-refractivity contribution < 1.29 is 28.3 Å². The highest BCUT2D eigenvalue weighted by Crippen LogP contribution is 2.41. The van der Waals surface area contributed by atoms with Crippen LogP contribution in [0.5, 0.6) is 5.75 Å². The number of hydrogen-bond acceptors (Lipinski definition) is 8. The van der Waals surface area contributed by atoms with Gasteiger partial charge in [0.15, 0.2) is 0 Å². The number of aryl methyl sites for hydroxylation is 2. The number of methoxy groups -OCH3 is 2. The normalized spacial score (nSPS) is 15.2.